The average molecular weight is 310 g/mol. The van der Waals surface area contributed by atoms with Crippen molar-refractivity contribution in [3.05, 3.63) is 48.5 Å². The first-order chi connectivity index (χ1) is 11.2. The van der Waals surface area contributed by atoms with Crippen LogP contribution in [-0.4, -0.2) is 40.8 Å². The summed E-state index contributed by atoms with van der Waals surface area (Å²) in [5.74, 6) is 0. The van der Waals surface area contributed by atoms with Gasteiger partial charge < -0.3 is 14.6 Å². The summed E-state index contributed by atoms with van der Waals surface area (Å²) in [5, 5.41) is 13.1. The molecule has 0 aliphatic rings. The van der Waals surface area contributed by atoms with Crippen LogP contribution in [0.2, 0.25) is 0 Å². The van der Waals surface area contributed by atoms with E-state index in [9.17, 15) is 5.11 Å². The number of hydrogen-bond acceptors (Lipinski definition) is 2. The molecule has 0 spiro atoms. The molecule has 1 heterocycles. The Morgan fingerprint density at radius 2 is 1.57 bits per heavy atom. The number of para-hydroxylation sites is 2. The third kappa shape index (κ3) is 3.41. The smallest absolute Gasteiger partial charge is 0.0845 e. The molecule has 3 heteroatoms. The predicted molar refractivity (Wildman–Crippen MR) is 97.9 cm³/mol. The first kappa shape index (κ1) is 16.0. The Bertz CT molecular complexity index is 724. The van der Waals surface area contributed by atoms with Gasteiger partial charge in [-0.05, 0) is 32.1 Å². The number of likely N-dealkylation sites (N-methyl/N-ethyl adjacent to an activating group) is 1. The van der Waals surface area contributed by atoms with Crippen molar-refractivity contribution in [3.63, 3.8) is 0 Å². The van der Waals surface area contributed by atoms with Gasteiger partial charge in [0.05, 0.1) is 12.6 Å². The van der Waals surface area contributed by atoms with Crippen molar-refractivity contribution in [2.24, 2.45) is 0 Å². The molecule has 0 bridgehead atoms. The molecule has 3 aromatic rings. The molecule has 1 N–H and O–H groups in total. The third-order valence-electron chi connectivity index (χ3n) is 4.49. The lowest BCUT2D eigenvalue weighted by molar-refractivity contribution is 0.111. The number of aromatic nitrogens is 1. The maximum Gasteiger partial charge on any atom is 0.0845 e. The normalized spacial score (nSPS) is 13.2. The third-order valence-corrected chi connectivity index (χ3v) is 4.49. The highest BCUT2D eigenvalue weighted by Gasteiger charge is 2.14. The van der Waals surface area contributed by atoms with Crippen molar-refractivity contribution < 1.29 is 5.11 Å². The lowest BCUT2D eigenvalue weighted by Crippen LogP contribution is -2.32. The van der Waals surface area contributed by atoms with E-state index in [1.165, 1.54) is 34.6 Å². The van der Waals surface area contributed by atoms with Crippen LogP contribution < -0.4 is 0 Å². The van der Waals surface area contributed by atoms with Gasteiger partial charge in [0.2, 0.25) is 0 Å². The molecule has 0 saturated carbocycles. The lowest BCUT2D eigenvalue weighted by atomic mass is 10.2. The highest BCUT2D eigenvalue weighted by atomic mass is 16.3. The van der Waals surface area contributed by atoms with E-state index in [4.69, 9.17) is 0 Å². The van der Waals surface area contributed by atoms with E-state index in [0.29, 0.717) is 13.1 Å². The van der Waals surface area contributed by atoms with E-state index in [-0.39, 0.29) is 6.10 Å². The summed E-state index contributed by atoms with van der Waals surface area (Å²) in [7, 11) is 2.09. The Labute approximate surface area is 138 Å². The molecule has 2 aromatic carbocycles. The predicted octanol–water partition coefficient (Wildman–Crippen LogP) is 3.89. The molecule has 1 aromatic heterocycles. The average Bonchev–Trinajstić information content (AvgIpc) is 2.88. The zero-order valence-corrected chi connectivity index (χ0v) is 14.1. The van der Waals surface area contributed by atoms with Crippen LogP contribution >= 0.6 is 0 Å². The highest BCUT2D eigenvalue weighted by Crippen LogP contribution is 2.28. The van der Waals surface area contributed by atoms with Crippen LogP contribution in [0.5, 0.6) is 0 Å². The number of aliphatic hydroxyl groups is 1. The summed E-state index contributed by atoms with van der Waals surface area (Å²) in [6.45, 7) is 4.58. The Kier molecular flexibility index (Phi) is 4.99. The number of rotatable bonds is 7. The van der Waals surface area contributed by atoms with E-state index in [1.54, 1.807) is 0 Å². The van der Waals surface area contributed by atoms with Crippen molar-refractivity contribution in [1.82, 2.24) is 9.47 Å². The Morgan fingerprint density at radius 1 is 1.00 bits per heavy atom. The zero-order valence-electron chi connectivity index (χ0n) is 14.1. The van der Waals surface area contributed by atoms with Crippen LogP contribution in [0, 0.1) is 0 Å². The van der Waals surface area contributed by atoms with E-state index in [2.05, 4.69) is 72.0 Å². The minimum atomic E-state index is -0.365. The minimum Gasteiger partial charge on any atom is -0.390 e. The van der Waals surface area contributed by atoms with Crippen molar-refractivity contribution >= 4 is 21.8 Å². The number of nitrogens with zero attached hydrogens (tertiary/aromatic N) is 2. The Morgan fingerprint density at radius 3 is 2.13 bits per heavy atom. The van der Waals surface area contributed by atoms with Gasteiger partial charge in [-0.25, -0.2) is 0 Å². The monoisotopic (exact) mass is 310 g/mol. The topological polar surface area (TPSA) is 28.4 Å². The molecule has 0 amide bonds. The molecule has 23 heavy (non-hydrogen) atoms. The van der Waals surface area contributed by atoms with Gasteiger partial charge in [0, 0.05) is 28.4 Å². The van der Waals surface area contributed by atoms with Gasteiger partial charge in [-0.15, -0.1) is 0 Å². The fraction of sp³-hybridized carbons (Fsp3) is 0.400. The molecule has 0 fully saturated rings. The van der Waals surface area contributed by atoms with Crippen LogP contribution in [0.3, 0.4) is 0 Å². The van der Waals surface area contributed by atoms with Crippen LogP contribution in [0.1, 0.15) is 19.8 Å². The summed E-state index contributed by atoms with van der Waals surface area (Å²) in [5.41, 5.74) is 2.40. The highest BCUT2D eigenvalue weighted by molar-refractivity contribution is 6.07. The first-order valence-corrected chi connectivity index (χ1v) is 8.53. The molecule has 0 aliphatic carbocycles. The second kappa shape index (κ2) is 7.16. The van der Waals surface area contributed by atoms with E-state index < -0.39 is 0 Å². The van der Waals surface area contributed by atoms with E-state index in [0.717, 1.165) is 6.54 Å². The molecule has 1 unspecified atom stereocenters. The summed E-state index contributed by atoms with van der Waals surface area (Å²) in [6.07, 6.45) is 2.00. The van der Waals surface area contributed by atoms with Crippen molar-refractivity contribution in [1.29, 1.82) is 0 Å². The molecule has 3 nitrogen and oxygen atoms in total. The van der Waals surface area contributed by atoms with Gasteiger partial charge >= 0.3 is 0 Å². The fourth-order valence-corrected chi connectivity index (χ4v) is 3.35. The van der Waals surface area contributed by atoms with E-state index in [1.807, 2.05) is 0 Å². The lowest BCUT2D eigenvalue weighted by Gasteiger charge is -2.21. The minimum absolute atomic E-state index is 0.365. The quantitative estimate of drug-likeness (QED) is 0.717. The first-order valence-electron chi connectivity index (χ1n) is 8.53. The SMILES string of the molecule is CCCCN(C)CC(O)Cn1c2ccccc2c2ccccc21. The molecular formula is C20H26N2O. The second-order valence-corrected chi connectivity index (χ2v) is 6.41. The zero-order chi connectivity index (χ0) is 16.2. The summed E-state index contributed by atoms with van der Waals surface area (Å²) in [6, 6.07) is 16.9. The summed E-state index contributed by atoms with van der Waals surface area (Å²) in [4.78, 5) is 2.22. The Balaban J connectivity index is 1.86. The molecule has 1 atom stereocenters. The van der Waals surface area contributed by atoms with Crippen LogP contribution in [0.25, 0.3) is 21.8 Å². The number of hydrogen-bond donors (Lipinski definition) is 1. The molecule has 122 valence electrons. The maximum absolute atomic E-state index is 10.5. The van der Waals surface area contributed by atoms with Crippen molar-refractivity contribution in [3.8, 4) is 0 Å². The largest absolute Gasteiger partial charge is 0.390 e. The van der Waals surface area contributed by atoms with Crippen LogP contribution in [0.4, 0.5) is 0 Å². The number of aliphatic hydroxyl groups excluding tert-OH is 1. The molecule has 0 saturated heterocycles. The number of fused-ring (bicyclic) bond motifs is 3. The molecular weight excluding hydrogens is 284 g/mol. The maximum atomic E-state index is 10.5. The van der Waals surface area contributed by atoms with Gasteiger partial charge in [0.1, 0.15) is 0 Å². The second-order valence-electron chi connectivity index (χ2n) is 6.41. The Hall–Kier alpha value is -1.84. The van der Waals surface area contributed by atoms with Crippen LogP contribution in [0.15, 0.2) is 48.5 Å². The van der Waals surface area contributed by atoms with Crippen molar-refractivity contribution in [2.75, 3.05) is 20.1 Å². The molecule has 3 rings (SSSR count). The summed E-state index contributed by atoms with van der Waals surface area (Å²) >= 11 is 0. The van der Waals surface area contributed by atoms with Gasteiger partial charge in [0.15, 0.2) is 0 Å². The van der Waals surface area contributed by atoms with Gasteiger partial charge in [-0.3, -0.25) is 0 Å². The summed E-state index contributed by atoms with van der Waals surface area (Å²) < 4.78 is 2.25. The van der Waals surface area contributed by atoms with Gasteiger partial charge in [-0.1, -0.05) is 49.7 Å². The van der Waals surface area contributed by atoms with Gasteiger partial charge in [0.25, 0.3) is 0 Å². The van der Waals surface area contributed by atoms with Crippen molar-refractivity contribution in [2.45, 2.75) is 32.4 Å². The number of benzene rings is 2. The van der Waals surface area contributed by atoms with E-state index >= 15 is 0 Å². The molecule has 0 aliphatic heterocycles. The van der Waals surface area contributed by atoms with Crippen LogP contribution in [-0.2, 0) is 6.54 Å². The fourth-order valence-electron chi connectivity index (χ4n) is 3.35. The number of unbranched alkanes of at least 4 members (excludes halogenated alkanes) is 1. The standard InChI is InChI=1S/C20H26N2O/c1-3-4-13-21(2)14-16(23)15-22-19-11-7-5-9-17(19)18-10-6-8-12-20(18)22/h5-12,16,23H,3-4,13-15H2,1-2H3. The van der Waals surface area contributed by atoms with Gasteiger partial charge in [-0.2, -0.15) is 0 Å². The molecule has 0 radical (unpaired) electrons.